The van der Waals surface area contributed by atoms with Crippen LogP contribution < -0.4 is 15.0 Å². The van der Waals surface area contributed by atoms with E-state index in [2.05, 4.69) is 5.32 Å². The van der Waals surface area contributed by atoms with Gasteiger partial charge in [-0.05, 0) is 55.0 Å². The SMILES string of the molecule is CCOc1ccc(C=C2C(=O)NC(=S)N(c3ccccc3)C2=O)cc1. The minimum absolute atomic E-state index is 0.0293. The first-order valence-corrected chi connectivity index (χ1v) is 8.20. The van der Waals surface area contributed by atoms with Gasteiger partial charge in [0, 0.05) is 0 Å². The van der Waals surface area contributed by atoms with Crippen LogP contribution in [0.25, 0.3) is 6.08 Å². The fourth-order valence-electron chi connectivity index (χ4n) is 2.46. The highest BCUT2D eigenvalue weighted by molar-refractivity contribution is 7.80. The molecular formula is C19H16N2O3S. The van der Waals surface area contributed by atoms with Gasteiger partial charge < -0.3 is 4.74 Å². The molecular weight excluding hydrogens is 336 g/mol. The van der Waals surface area contributed by atoms with Crippen LogP contribution in [0.2, 0.25) is 0 Å². The average molecular weight is 352 g/mol. The molecule has 0 bridgehead atoms. The molecule has 3 rings (SSSR count). The van der Waals surface area contributed by atoms with E-state index in [4.69, 9.17) is 17.0 Å². The molecule has 0 aromatic heterocycles. The quantitative estimate of drug-likeness (QED) is 0.522. The van der Waals surface area contributed by atoms with Gasteiger partial charge in [-0.15, -0.1) is 0 Å². The van der Waals surface area contributed by atoms with Crippen LogP contribution in [-0.4, -0.2) is 23.5 Å². The third-order valence-electron chi connectivity index (χ3n) is 3.62. The zero-order valence-electron chi connectivity index (χ0n) is 13.6. The average Bonchev–Trinajstić information content (AvgIpc) is 2.61. The van der Waals surface area contributed by atoms with Crippen LogP contribution >= 0.6 is 12.2 Å². The molecule has 0 aliphatic carbocycles. The van der Waals surface area contributed by atoms with Crippen molar-refractivity contribution in [3.8, 4) is 5.75 Å². The maximum absolute atomic E-state index is 12.8. The Bertz CT molecular complexity index is 845. The van der Waals surface area contributed by atoms with Crippen molar-refractivity contribution in [1.29, 1.82) is 0 Å². The van der Waals surface area contributed by atoms with Gasteiger partial charge in [-0.1, -0.05) is 30.3 Å². The molecule has 1 aliphatic heterocycles. The number of carbonyl (C=O) groups is 2. The lowest BCUT2D eigenvalue weighted by Crippen LogP contribution is -2.54. The summed E-state index contributed by atoms with van der Waals surface area (Å²) in [6.07, 6.45) is 1.55. The van der Waals surface area contributed by atoms with E-state index in [1.165, 1.54) is 4.90 Å². The standard InChI is InChI=1S/C19H16N2O3S/c1-2-24-15-10-8-13(9-11-15)12-16-17(22)20-19(25)21(18(16)23)14-6-4-3-5-7-14/h3-12H,2H2,1H3,(H,20,22,25). The van der Waals surface area contributed by atoms with Gasteiger partial charge in [0.25, 0.3) is 11.8 Å². The lowest BCUT2D eigenvalue weighted by molar-refractivity contribution is -0.122. The van der Waals surface area contributed by atoms with Crippen molar-refractivity contribution in [2.75, 3.05) is 11.5 Å². The van der Waals surface area contributed by atoms with Crippen LogP contribution in [0, 0.1) is 0 Å². The smallest absolute Gasteiger partial charge is 0.270 e. The van der Waals surface area contributed by atoms with E-state index in [0.717, 1.165) is 11.3 Å². The van der Waals surface area contributed by atoms with Gasteiger partial charge in [0.15, 0.2) is 5.11 Å². The Morgan fingerprint density at radius 2 is 1.76 bits per heavy atom. The number of thiocarbonyl (C=S) groups is 1. The zero-order chi connectivity index (χ0) is 17.8. The van der Waals surface area contributed by atoms with Crippen LogP contribution in [0.4, 0.5) is 5.69 Å². The highest BCUT2D eigenvalue weighted by Gasteiger charge is 2.34. The van der Waals surface area contributed by atoms with Gasteiger partial charge in [-0.25, -0.2) is 0 Å². The number of anilines is 1. The fourth-order valence-corrected chi connectivity index (χ4v) is 2.74. The maximum atomic E-state index is 12.8. The lowest BCUT2D eigenvalue weighted by Gasteiger charge is -2.28. The summed E-state index contributed by atoms with van der Waals surface area (Å²) in [7, 11) is 0. The fraction of sp³-hybridized carbons (Fsp3) is 0.105. The molecule has 5 nitrogen and oxygen atoms in total. The van der Waals surface area contributed by atoms with E-state index >= 15 is 0 Å². The first-order valence-electron chi connectivity index (χ1n) is 7.79. The summed E-state index contributed by atoms with van der Waals surface area (Å²) >= 11 is 5.16. The number of benzene rings is 2. The third-order valence-corrected chi connectivity index (χ3v) is 3.90. The molecule has 1 saturated heterocycles. The number of amides is 2. The molecule has 0 saturated carbocycles. The number of nitrogens with one attached hydrogen (secondary N) is 1. The Kier molecular flexibility index (Phi) is 4.90. The Hall–Kier alpha value is -2.99. The van der Waals surface area contributed by atoms with Gasteiger partial charge in [-0.2, -0.15) is 0 Å². The van der Waals surface area contributed by atoms with Gasteiger partial charge in [0.05, 0.1) is 12.3 Å². The second-order valence-electron chi connectivity index (χ2n) is 5.30. The van der Waals surface area contributed by atoms with Crippen LogP contribution in [-0.2, 0) is 9.59 Å². The first-order chi connectivity index (χ1) is 12.1. The highest BCUT2D eigenvalue weighted by Crippen LogP contribution is 2.22. The van der Waals surface area contributed by atoms with Gasteiger partial charge in [0.2, 0.25) is 0 Å². The van der Waals surface area contributed by atoms with Gasteiger partial charge >= 0.3 is 0 Å². The number of ether oxygens (including phenoxy) is 1. The summed E-state index contributed by atoms with van der Waals surface area (Å²) in [5.41, 5.74) is 1.36. The van der Waals surface area contributed by atoms with E-state index in [1.54, 1.807) is 54.6 Å². The van der Waals surface area contributed by atoms with E-state index in [0.29, 0.717) is 12.3 Å². The van der Waals surface area contributed by atoms with E-state index in [1.807, 2.05) is 13.0 Å². The predicted molar refractivity (Wildman–Crippen MR) is 100 cm³/mol. The maximum Gasteiger partial charge on any atom is 0.270 e. The largest absolute Gasteiger partial charge is 0.494 e. The minimum atomic E-state index is -0.504. The van der Waals surface area contributed by atoms with E-state index < -0.39 is 11.8 Å². The number of para-hydroxylation sites is 1. The molecule has 0 unspecified atom stereocenters. The molecule has 2 amide bonds. The molecule has 1 heterocycles. The molecule has 126 valence electrons. The van der Waals surface area contributed by atoms with Crippen molar-refractivity contribution < 1.29 is 14.3 Å². The predicted octanol–water partition coefficient (Wildman–Crippen LogP) is 2.92. The number of rotatable bonds is 4. The minimum Gasteiger partial charge on any atom is -0.494 e. The molecule has 0 spiro atoms. The second kappa shape index (κ2) is 7.27. The van der Waals surface area contributed by atoms with Crippen molar-refractivity contribution in [1.82, 2.24) is 5.32 Å². The molecule has 25 heavy (non-hydrogen) atoms. The molecule has 6 heteroatoms. The molecule has 0 radical (unpaired) electrons. The van der Waals surface area contributed by atoms with Crippen molar-refractivity contribution in [3.63, 3.8) is 0 Å². The second-order valence-corrected chi connectivity index (χ2v) is 5.68. The zero-order valence-corrected chi connectivity index (χ0v) is 14.4. The van der Waals surface area contributed by atoms with E-state index in [9.17, 15) is 9.59 Å². The van der Waals surface area contributed by atoms with Crippen LogP contribution in [0.3, 0.4) is 0 Å². The Balaban J connectivity index is 1.93. The summed E-state index contributed by atoms with van der Waals surface area (Å²) in [5, 5.41) is 2.64. The van der Waals surface area contributed by atoms with Crippen LogP contribution in [0.1, 0.15) is 12.5 Å². The molecule has 0 atom stereocenters. The molecule has 2 aromatic rings. The highest BCUT2D eigenvalue weighted by atomic mass is 32.1. The Morgan fingerprint density at radius 1 is 1.08 bits per heavy atom. The lowest BCUT2D eigenvalue weighted by atomic mass is 10.1. The summed E-state index contributed by atoms with van der Waals surface area (Å²) in [5.74, 6) is -0.221. The Labute approximate surface area is 150 Å². The molecule has 1 N–H and O–H groups in total. The molecule has 1 fully saturated rings. The topological polar surface area (TPSA) is 58.6 Å². The normalized spacial score (nSPS) is 16.1. The number of hydrogen-bond acceptors (Lipinski definition) is 4. The monoisotopic (exact) mass is 352 g/mol. The van der Waals surface area contributed by atoms with E-state index in [-0.39, 0.29) is 10.7 Å². The molecule has 2 aromatic carbocycles. The van der Waals surface area contributed by atoms with Crippen LogP contribution in [0.5, 0.6) is 5.75 Å². The summed E-state index contributed by atoms with van der Waals surface area (Å²) < 4.78 is 5.39. The van der Waals surface area contributed by atoms with Crippen molar-refractivity contribution in [2.24, 2.45) is 0 Å². The van der Waals surface area contributed by atoms with Gasteiger partial charge in [-0.3, -0.25) is 19.8 Å². The summed E-state index contributed by atoms with van der Waals surface area (Å²) in [4.78, 5) is 26.3. The van der Waals surface area contributed by atoms with Gasteiger partial charge in [0.1, 0.15) is 11.3 Å². The Morgan fingerprint density at radius 3 is 2.40 bits per heavy atom. The van der Waals surface area contributed by atoms with Crippen molar-refractivity contribution in [3.05, 3.63) is 65.7 Å². The van der Waals surface area contributed by atoms with Crippen LogP contribution in [0.15, 0.2) is 60.2 Å². The van der Waals surface area contributed by atoms with Crippen molar-refractivity contribution >= 4 is 40.9 Å². The third kappa shape index (κ3) is 3.59. The molecule has 1 aliphatic rings. The summed E-state index contributed by atoms with van der Waals surface area (Å²) in [6.45, 7) is 2.48. The number of nitrogens with zero attached hydrogens (tertiary/aromatic N) is 1. The number of carbonyl (C=O) groups excluding carboxylic acids is 2. The number of hydrogen-bond donors (Lipinski definition) is 1. The summed E-state index contributed by atoms with van der Waals surface area (Å²) in [6, 6.07) is 16.1. The first kappa shape index (κ1) is 16.9. The van der Waals surface area contributed by atoms with Crippen molar-refractivity contribution in [2.45, 2.75) is 6.92 Å².